The molecule has 2 aromatic carbocycles. The van der Waals surface area contributed by atoms with E-state index in [1.165, 1.54) is 6.92 Å². The number of imidazole rings is 1. The van der Waals surface area contributed by atoms with E-state index < -0.39 is 6.10 Å². The van der Waals surface area contributed by atoms with Crippen LogP contribution in [0.2, 0.25) is 0 Å². The first kappa shape index (κ1) is 18.9. The maximum atomic E-state index is 13.3. The van der Waals surface area contributed by atoms with Crippen molar-refractivity contribution in [3.05, 3.63) is 79.0 Å². The summed E-state index contributed by atoms with van der Waals surface area (Å²) in [6.07, 6.45) is 1.00. The highest BCUT2D eigenvalue weighted by molar-refractivity contribution is 6.01. The zero-order chi connectivity index (χ0) is 21.4. The van der Waals surface area contributed by atoms with Crippen LogP contribution in [0.25, 0.3) is 16.9 Å². The molecule has 1 atom stereocenters. The van der Waals surface area contributed by atoms with Gasteiger partial charge in [-0.05, 0) is 24.3 Å². The number of ether oxygens (including phenoxy) is 1. The van der Waals surface area contributed by atoms with E-state index in [9.17, 15) is 9.59 Å². The number of hydrogen-bond acceptors (Lipinski definition) is 4. The van der Waals surface area contributed by atoms with Gasteiger partial charge >= 0.3 is 0 Å². The third-order valence-corrected chi connectivity index (χ3v) is 5.26. The van der Waals surface area contributed by atoms with Gasteiger partial charge in [0, 0.05) is 18.7 Å². The summed E-state index contributed by atoms with van der Waals surface area (Å²) in [4.78, 5) is 31.7. The lowest BCUT2D eigenvalue weighted by atomic mass is 10.1. The van der Waals surface area contributed by atoms with Crippen molar-refractivity contribution in [3.8, 4) is 17.0 Å². The summed E-state index contributed by atoms with van der Waals surface area (Å²) in [6, 6.07) is 22.6. The lowest BCUT2D eigenvalue weighted by Crippen LogP contribution is -2.48. The molecule has 0 bridgehead atoms. The Kier molecular flexibility index (Phi) is 4.63. The van der Waals surface area contributed by atoms with Gasteiger partial charge in [-0.1, -0.05) is 48.5 Å². The third-order valence-electron chi connectivity index (χ3n) is 5.26. The van der Waals surface area contributed by atoms with Crippen molar-refractivity contribution in [2.75, 3.05) is 16.8 Å². The second-order valence-electron chi connectivity index (χ2n) is 7.30. The highest BCUT2D eigenvalue weighted by Gasteiger charge is 2.33. The fourth-order valence-corrected chi connectivity index (χ4v) is 3.78. The number of benzene rings is 2. The topological polar surface area (TPSA) is 75.9 Å². The minimum absolute atomic E-state index is 0.135. The Hall–Kier alpha value is -4.13. The summed E-state index contributed by atoms with van der Waals surface area (Å²) in [6.45, 7) is 1.62. The molecule has 0 fully saturated rings. The number of pyridine rings is 1. The van der Waals surface area contributed by atoms with Crippen LogP contribution >= 0.6 is 0 Å². The van der Waals surface area contributed by atoms with Crippen LogP contribution in [0.15, 0.2) is 79.0 Å². The van der Waals surface area contributed by atoms with Crippen LogP contribution in [0.1, 0.15) is 6.92 Å². The Labute approximate surface area is 178 Å². The van der Waals surface area contributed by atoms with Gasteiger partial charge in [-0.2, -0.15) is 0 Å². The normalized spacial score (nSPS) is 15.3. The van der Waals surface area contributed by atoms with Crippen molar-refractivity contribution in [1.29, 1.82) is 0 Å². The van der Waals surface area contributed by atoms with E-state index in [1.54, 1.807) is 11.0 Å². The molecule has 0 spiro atoms. The summed E-state index contributed by atoms with van der Waals surface area (Å²) in [5.41, 5.74) is 2.94. The molecular weight excluding hydrogens is 392 g/mol. The minimum atomic E-state index is -0.850. The second-order valence-corrected chi connectivity index (χ2v) is 7.30. The van der Waals surface area contributed by atoms with E-state index in [4.69, 9.17) is 9.72 Å². The van der Waals surface area contributed by atoms with E-state index >= 15 is 0 Å². The largest absolute Gasteiger partial charge is 0.476 e. The molecule has 0 aliphatic carbocycles. The van der Waals surface area contributed by atoms with Gasteiger partial charge in [0.05, 0.1) is 12.2 Å². The number of carbonyl (C=O) groups excluding carboxylic acids is 2. The Morgan fingerprint density at radius 1 is 1.00 bits per heavy atom. The number of para-hydroxylation sites is 2. The maximum absolute atomic E-state index is 13.3. The quantitative estimate of drug-likeness (QED) is 0.556. The summed E-state index contributed by atoms with van der Waals surface area (Å²) in [7, 11) is 0. The smallest absolute Gasteiger partial charge is 0.268 e. The lowest BCUT2D eigenvalue weighted by molar-refractivity contribution is -0.123. The first-order chi connectivity index (χ1) is 15.1. The highest BCUT2D eigenvalue weighted by atomic mass is 16.5. The number of fused-ring (bicyclic) bond motifs is 2. The van der Waals surface area contributed by atoms with Gasteiger partial charge in [0.2, 0.25) is 5.91 Å². The minimum Gasteiger partial charge on any atom is -0.476 e. The molecule has 0 saturated heterocycles. The second kappa shape index (κ2) is 7.60. The molecule has 1 aliphatic heterocycles. The highest BCUT2D eigenvalue weighted by Crippen LogP contribution is 2.34. The molecule has 3 heterocycles. The fraction of sp³-hybridized carbons (Fsp3) is 0.125. The van der Waals surface area contributed by atoms with E-state index in [2.05, 4.69) is 5.32 Å². The van der Waals surface area contributed by atoms with Gasteiger partial charge in [-0.15, -0.1) is 0 Å². The van der Waals surface area contributed by atoms with Crippen molar-refractivity contribution in [2.24, 2.45) is 0 Å². The van der Waals surface area contributed by atoms with E-state index in [-0.39, 0.29) is 18.4 Å². The van der Waals surface area contributed by atoms with Gasteiger partial charge in [0.1, 0.15) is 22.9 Å². The monoisotopic (exact) mass is 412 g/mol. The van der Waals surface area contributed by atoms with Gasteiger partial charge < -0.3 is 15.0 Å². The number of amides is 2. The molecule has 1 aliphatic rings. The number of anilines is 2. The van der Waals surface area contributed by atoms with Crippen molar-refractivity contribution >= 4 is 29.0 Å². The average Bonchev–Trinajstić information content (AvgIpc) is 3.17. The van der Waals surface area contributed by atoms with Crippen LogP contribution in [0.5, 0.6) is 5.75 Å². The zero-order valence-corrected chi connectivity index (χ0v) is 16.9. The van der Waals surface area contributed by atoms with Gasteiger partial charge in [0.25, 0.3) is 5.91 Å². The molecule has 7 heteroatoms. The molecule has 1 N–H and O–H groups in total. The standard InChI is InChI=1S/C24H20N4O3/c1-16(29)28-15-20(31-19-12-6-5-11-18(19)28)24(30)26-23-22(17-9-3-2-4-10-17)25-21-13-7-8-14-27(21)23/h2-14,20H,15H2,1H3,(H,26,30)/t20-/m0/s1. The van der Waals surface area contributed by atoms with E-state index in [1.807, 2.05) is 77.3 Å². The molecule has 0 saturated carbocycles. The Morgan fingerprint density at radius 3 is 2.55 bits per heavy atom. The molecule has 31 heavy (non-hydrogen) atoms. The zero-order valence-electron chi connectivity index (χ0n) is 16.9. The van der Waals surface area contributed by atoms with Gasteiger partial charge in [-0.3, -0.25) is 14.0 Å². The molecule has 2 amide bonds. The first-order valence-electron chi connectivity index (χ1n) is 9.99. The van der Waals surface area contributed by atoms with Crippen LogP contribution in [-0.2, 0) is 9.59 Å². The van der Waals surface area contributed by atoms with Crippen molar-refractivity contribution in [2.45, 2.75) is 13.0 Å². The molecule has 0 unspecified atom stereocenters. The summed E-state index contributed by atoms with van der Waals surface area (Å²) in [5.74, 6) is 0.575. The Balaban J connectivity index is 1.51. The van der Waals surface area contributed by atoms with Crippen LogP contribution in [-0.4, -0.2) is 33.8 Å². The lowest BCUT2D eigenvalue weighted by Gasteiger charge is -2.33. The van der Waals surface area contributed by atoms with Crippen LogP contribution in [0, 0.1) is 0 Å². The predicted octanol–water partition coefficient (Wildman–Crippen LogP) is 3.75. The van der Waals surface area contributed by atoms with Crippen molar-refractivity contribution in [3.63, 3.8) is 0 Å². The number of rotatable bonds is 3. The SMILES string of the molecule is CC(=O)N1C[C@@H](C(=O)Nc2c(-c3ccccc3)nc3ccccn23)Oc2ccccc21. The van der Waals surface area contributed by atoms with Crippen LogP contribution < -0.4 is 15.0 Å². The van der Waals surface area contributed by atoms with E-state index in [0.29, 0.717) is 22.9 Å². The van der Waals surface area contributed by atoms with Gasteiger partial charge in [0.15, 0.2) is 6.10 Å². The molecule has 154 valence electrons. The summed E-state index contributed by atoms with van der Waals surface area (Å²) < 4.78 is 7.78. The maximum Gasteiger partial charge on any atom is 0.268 e. The van der Waals surface area contributed by atoms with Crippen LogP contribution in [0.4, 0.5) is 11.5 Å². The molecule has 7 nitrogen and oxygen atoms in total. The van der Waals surface area contributed by atoms with E-state index in [0.717, 1.165) is 11.2 Å². The molecular formula is C24H20N4O3. The third kappa shape index (κ3) is 3.40. The first-order valence-corrected chi connectivity index (χ1v) is 9.99. The number of nitrogens with one attached hydrogen (secondary N) is 1. The van der Waals surface area contributed by atoms with Crippen molar-refractivity contribution in [1.82, 2.24) is 9.38 Å². The molecule has 2 aromatic heterocycles. The summed E-state index contributed by atoms with van der Waals surface area (Å²) in [5, 5.41) is 2.99. The average molecular weight is 412 g/mol. The number of nitrogens with zero attached hydrogens (tertiary/aromatic N) is 3. The van der Waals surface area contributed by atoms with Crippen molar-refractivity contribution < 1.29 is 14.3 Å². The fourth-order valence-electron chi connectivity index (χ4n) is 3.78. The predicted molar refractivity (Wildman–Crippen MR) is 118 cm³/mol. The van der Waals surface area contributed by atoms with Crippen LogP contribution in [0.3, 0.4) is 0 Å². The Morgan fingerprint density at radius 2 is 1.74 bits per heavy atom. The number of hydrogen-bond donors (Lipinski definition) is 1. The number of aromatic nitrogens is 2. The number of carbonyl (C=O) groups is 2. The molecule has 4 aromatic rings. The Bertz CT molecular complexity index is 1280. The van der Waals surface area contributed by atoms with Gasteiger partial charge in [-0.25, -0.2) is 4.98 Å². The molecule has 5 rings (SSSR count). The molecule has 0 radical (unpaired) electrons. The summed E-state index contributed by atoms with van der Waals surface area (Å²) >= 11 is 0.